The molecule has 1 aromatic carbocycles. The average molecular weight is 354 g/mol. The molecule has 0 aliphatic carbocycles. The number of rotatable bonds is 3. The number of carbonyl (C=O) groups excluding carboxylic acids is 1. The number of aromatic nitrogens is 2. The standard InChI is InChI=1S/C20H26N4O2/c1-14-21-17(13-18(22-14)24-9-11-26-12-10-24)19(25)23-16-7-5-15(6-8-16)20(2,3)4/h5-8,13H,9-12H2,1-4H3,(H,23,25). The van der Waals surface area contributed by atoms with Crippen molar-refractivity contribution in [3.8, 4) is 0 Å². The maximum Gasteiger partial charge on any atom is 0.274 e. The summed E-state index contributed by atoms with van der Waals surface area (Å²) in [4.78, 5) is 23.5. The van der Waals surface area contributed by atoms with Crippen LogP contribution in [0.15, 0.2) is 30.3 Å². The summed E-state index contributed by atoms with van der Waals surface area (Å²) in [6.07, 6.45) is 0. The van der Waals surface area contributed by atoms with Gasteiger partial charge in [0.05, 0.1) is 13.2 Å². The van der Waals surface area contributed by atoms with Crippen molar-refractivity contribution in [1.82, 2.24) is 9.97 Å². The SMILES string of the molecule is Cc1nc(C(=O)Nc2ccc(C(C)(C)C)cc2)cc(N2CCOCC2)n1. The number of hydrogen-bond acceptors (Lipinski definition) is 5. The molecule has 0 unspecified atom stereocenters. The number of aryl methyl sites for hydroxylation is 1. The van der Waals surface area contributed by atoms with E-state index in [1.54, 1.807) is 13.0 Å². The van der Waals surface area contributed by atoms with Gasteiger partial charge in [0.25, 0.3) is 5.91 Å². The van der Waals surface area contributed by atoms with E-state index in [0.717, 1.165) is 24.6 Å². The lowest BCUT2D eigenvalue weighted by Crippen LogP contribution is -2.37. The number of anilines is 2. The Morgan fingerprint density at radius 2 is 1.77 bits per heavy atom. The van der Waals surface area contributed by atoms with E-state index in [0.29, 0.717) is 24.7 Å². The molecule has 1 amide bonds. The van der Waals surface area contributed by atoms with Crippen LogP contribution in [0, 0.1) is 6.92 Å². The summed E-state index contributed by atoms with van der Waals surface area (Å²) >= 11 is 0. The molecule has 0 radical (unpaired) electrons. The van der Waals surface area contributed by atoms with Crippen molar-refractivity contribution in [2.75, 3.05) is 36.5 Å². The molecule has 1 aliphatic heterocycles. The smallest absolute Gasteiger partial charge is 0.274 e. The van der Waals surface area contributed by atoms with Gasteiger partial charge in [-0.25, -0.2) is 9.97 Å². The van der Waals surface area contributed by atoms with Crippen LogP contribution in [0.25, 0.3) is 0 Å². The lowest BCUT2D eigenvalue weighted by Gasteiger charge is -2.28. The maximum absolute atomic E-state index is 12.6. The number of nitrogens with one attached hydrogen (secondary N) is 1. The van der Waals surface area contributed by atoms with E-state index in [1.165, 1.54) is 5.56 Å². The van der Waals surface area contributed by atoms with Crippen LogP contribution in [-0.4, -0.2) is 42.2 Å². The Labute approximate surface area is 154 Å². The third kappa shape index (κ3) is 4.38. The van der Waals surface area contributed by atoms with Crippen LogP contribution in [-0.2, 0) is 10.2 Å². The number of ether oxygens (including phenoxy) is 1. The van der Waals surface area contributed by atoms with Crippen LogP contribution in [0.4, 0.5) is 11.5 Å². The molecule has 0 saturated carbocycles. The zero-order chi connectivity index (χ0) is 18.7. The minimum absolute atomic E-state index is 0.0827. The quantitative estimate of drug-likeness (QED) is 0.917. The summed E-state index contributed by atoms with van der Waals surface area (Å²) in [5, 5.41) is 2.92. The number of amides is 1. The minimum Gasteiger partial charge on any atom is -0.378 e. The van der Waals surface area contributed by atoms with E-state index in [4.69, 9.17) is 4.74 Å². The Morgan fingerprint density at radius 1 is 1.12 bits per heavy atom. The molecule has 6 heteroatoms. The van der Waals surface area contributed by atoms with Gasteiger partial charge in [-0.1, -0.05) is 32.9 Å². The fourth-order valence-corrected chi connectivity index (χ4v) is 2.87. The van der Waals surface area contributed by atoms with Gasteiger partial charge in [0.1, 0.15) is 17.3 Å². The predicted octanol–water partition coefficient (Wildman–Crippen LogP) is 3.17. The highest BCUT2D eigenvalue weighted by atomic mass is 16.5. The first-order chi connectivity index (χ1) is 12.3. The average Bonchev–Trinajstić information content (AvgIpc) is 2.61. The third-order valence-corrected chi connectivity index (χ3v) is 4.40. The van der Waals surface area contributed by atoms with Gasteiger partial charge in [-0.15, -0.1) is 0 Å². The Kier molecular flexibility index (Phi) is 5.23. The molecule has 0 bridgehead atoms. The maximum atomic E-state index is 12.6. The molecule has 1 saturated heterocycles. The van der Waals surface area contributed by atoms with Crippen molar-refractivity contribution >= 4 is 17.4 Å². The van der Waals surface area contributed by atoms with Crippen molar-refractivity contribution in [2.45, 2.75) is 33.1 Å². The predicted molar refractivity (Wildman–Crippen MR) is 103 cm³/mol. The normalized spacial score (nSPS) is 15.0. The van der Waals surface area contributed by atoms with Gasteiger partial charge in [-0.3, -0.25) is 4.79 Å². The number of nitrogens with zero attached hydrogens (tertiary/aromatic N) is 3. The zero-order valence-corrected chi connectivity index (χ0v) is 15.9. The molecule has 1 aliphatic rings. The van der Waals surface area contributed by atoms with E-state index in [-0.39, 0.29) is 11.3 Å². The summed E-state index contributed by atoms with van der Waals surface area (Å²) in [7, 11) is 0. The van der Waals surface area contributed by atoms with Gasteiger partial charge in [-0.2, -0.15) is 0 Å². The molecule has 2 aromatic rings. The summed E-state index contributed by atoms with van der Waals surface area (Å²) in [6, 6.07) is 9.68. The summed E-state index contributed by atoms with van der Waals surface area (Å²) < 4.78 is 5.38. The zero-order valence-electron chi connectivity index (χ0n) is 15.9. The highest BCUT2D eigenvalue weighted by Gasteiger charge is 2.17. The highest BCUT2D eigenvalue weighted by molar-refractivity contribution is 6.03. The van der Waals surface area contributed by atoms with Gasteiger partial charge in [-0.05, 0) is 30.0 Å². The second-order valence-electron chi connectivity index (χ2n) is 7.54. The van der Waals surface area contributed by atoms with Crippen LogP contribution < -0.4 is 10.2 Å². The van der Waals surface area contributed by atoms with Crippen LogP contribution in [0.5, 0.6) is 0 Å². The van der Waals surface area contributed by atoms with E-state index >= 15 is 0 Å². The van der Waals surface area contributed by atoms with E-state index in [2.05, 4.69) is 41.0 Å². The monoisotopic (exact) mass is 354 g/mol. The van der Waals surface area contributed by atoms with Crippen molar-refractivity contribution in [2.24, 2.45) is 0 Å². The highest BCUT2D eigenvalue weighted by Crippen LogP contribution is 2.24. The van der Waals surface area contributed by atoms with Gasteiger partial charge in [0.15, 0.2) is 0 Å². The molecule has 0 atom stereocenters. The molecule has 0 spiro atoms. The minimum atomic E-state index is -0.228. The molecular formula is C20H26N4O2. The largest absolute Gasteiger partial charge is 0.378 e. The molecule has 2 heterocycles. The van der Waals surface area contributed by atoms with Crippen LogP contribution >= 0.6 is 0 Å². The van der Waals surface area contributed by atoms with Crippen LogP contribution in [0.1, 0.15) is 42.6 Å². The number of carbonyl (C=O) groups is 1. The number of benzene rings is 1. The fourth-order valence-electron chi connectivity index (χ4n) is 2.87. The van der Waals surface area contributed by atoms with Crippen molar-refractivity contribution in [3.63, 3.8) is 0 Å². The topological polar surface area (TPSA) is 67.4 Å². The lowest BCUT2D eigenvalue weighted by molar-refractivity contribution is 0.102. The van der Waals surface area contributed by atoms with Crippen LogP contribution in [0.2, 0.25) is 0 Å². The molecular weight excluding hydrogens is 328 g/mol. The molecule has 6 nitrogen and oxygen atoms in total. The Bertz CT molecular complexity index is 775. The first-order valence-corrected chi connectivity index (χ1v) is 8.93. The lowest BCUT2D eigenvalue weighted by atomic mass is 9.87. The molecule has 1 fully saturated rings. The number of hydrogen-bond donors (Lipinski definition) is 1. The Morgan fingerprint density at radius 3 is 2.38 bits per heavy atom. The summed E-state index contributed by atoms with van der Waals surface area (Å²) in [5.74, 6) is 1.13. The van der Waals surface area contributed by atoms with Gasteiger partial charge in [0, 0.05) is 24.8 Å². The fraction of sp³-hybridized carbons (Fsp3) is 0.450. The van der Waals surface area contributed by atoms with Gasteiger partial charge in [0.2, 0.25) is 0 Å². The van der Waals surface area contributed by atoms with Crippen molar-refractivity contribution < 1.29 is 9.53 Å². The first kappa shape index (κ1) is 18.3. The van der Waals surface area contributed by atoms with Crippen molar-refractivity contribution in [3.05, 3.63) is 47.4 Å². The number of morpholine rings is 1. The van der Waals surface area contributed by atoms with Crippen LogP contribution in [0.3, 0.4) is 0 Å². The Balaban J connectivity index is 1.76. The van der Waals surface area contributed by atoms with E-state index < -0.39 is 0 Å². The molecule has 138 valence electrons. The van der Waals surface area contributed by atoms with Gasteiger partial charge >= 0.3 is 0 Å². The Hall–Kier alpha value is -2.47. The summed E-state index contributed by atoms with van der Waals surface area (Å²) in [6.45, 7) is 11.2. The molecule has 3 rings (SSSR count). The second-order valence-corrected chi connectivity index (χ2v) is 7.54. The molecule has 1 aromatic heterocycles. The summed E-state index contributed by atoms with van der Waals surface area (Å²) in [5.41, 5.74) is 2.44. The third-order valence-electron chi connectivity index (χ3n) is 4.40. The van der Waals surface area contributed by atoms with Gasteiger partial charge < -0.3 is 15.0 Å². The van der Waals surface area contributed by atoms with E-state index in [1.807, 2.05) is 24.3 Å². The second kappa shape index (κ2) is 7.41. The molecule has 1 N–H and O–H groups in total. The molecule has 26 heavy (non-hydrogen) atoms. The van der Waals surface area contributed by atoms with Crippen molar-refractivity contribution in [1.29, 1.82) is 0 Å². The first-order valence-electron chi connectivity index (χ1n) is 8.93. The van der Waals surface area contributed by atoms with E-state index in [9.17, 15) is 4.79 Å².